The molecule has 24 heavy (non-hydrogen) atoms. The van der Waals surface area contributed by atoms with Crippen molar-refractivity contribution in [3.8, 4) is 5.75 Å². The summed E-state index contributed by atoms with van der Waals surface area (Å²) in [6.45, 7) is -2.43. The Labute approximate surface area is 148 Å². The van der Waals surface area contributed by atoms with Gasteiger partial charge < -0.3 is 10.1 Å². The Morgan fingerprint density at radius 3 is 2.58 bits per heavy atom. The Hall–Kier alpha value is -1.79. The third-order valence-electron chi connectivity index (χ3n) is 3.27. The van der Waals surface area contributed by atoms with Gasteiger partial charge >= 0.3 is 6.61 Å². The summed E-state index contributed by atoms with van der Waals surface area (Å²) in [5.74, 6) is -0.132. The number of halogens is 3. The molecule has 0 aliphatic carbocycles. The van der Waals surface area contributed by atoms with Gasteiger partial charge in [0.25, 0.3) is 5.91 Å². The normalized spacial score (nSPS) is 10.7. The van der Waals surface area contributed by atoms with Crippen molar-refractivity contribution in [1.82, 2.24) is 5.32 Å². The van der Waals surface area contributed by atoms with E-state index in [9.17, 15) is 13.6 Å². The molecule has 2 aromatic rings. The number of carbonyl (C=O) groups is 1. The van der Waals surface area contributed by atoms with E-state index in [1.165, 1.54) is 23.9 Å². The van der Waals surface area contributed by atoms with Crippen LogP contribution < -0.4 is 10.1 Å². The van der Waals surface area contributed by atoms with E-state index in [4.69, 9.17) is 11.6 Å². The second kappa shape index (κ2) is 8.89. The van der Waals surface area contributed by atoms with Crippen molar-refractivity contribution in [2.45, 2.75) is 17.9 Å². The number of rotatable bonds is 7. The molecule has 0 fully saturated rings. The molecule has 0 saturated heterocycles. The largest absolute Gasteiger partial charge is 0.435 e. The molecule has 0 radical (unpaired) electrons. The molecule has 0 heterocycles. The van der Waals surface area contributed by atoms with Crippen LogP contribution in [-0.2, 0) is 6.42 Å². The van der Waals surface area contributed by atoms with Gasteiger partial charge in [-0.15, -0.1) is 11.8 Å². The number of ether oxygens (including phenoxy) is 1. The van der Waals surface area contributed by atoms with Gasteiger partial charge in [-0.1, -0.05) is 23.7 Å². The molecule has 1 N–H and O–H groups in total. The zero-order chi connectivity index (χ0) is 17.5. The Morgan fingerprint density at radius 1 is 1.25 bits per heavy atom. The van der Waals surface area contributed by atoms with Crippen molar-refractivity contribution < 1.29 is 18.3 Å². The van der Waals surface area contributed by atoms with Crippen molar-refractivity contribution in [1.29, 1.82) is 0 Å². The van der Waals surface area contributed by atoms with Crippen LogP contribution >= 0.6 is 23.4 Å². The first-order chi connectivity index (χ1) is 11.5. The lowest BCUT2D eigenvalue weighted by molar-refractivity contribution is -0.0498. The molecule has 2 aromatic carbocycles. The van der Waals surface area contributed by atoms with Crippen molar-refractivity contribution in [3.63, 3.8) is 0 Å². The Morgan fingerprint density at radius 2 is 1.96 bits per heavy atom. The molecule has 0 spiro atoms. The summed E-state index contributed by atoms with van der Waals surface area (Å²) >= 11 is 7.59. The topological polar surface area (TPSA) is 38.3 Å². The summed E-state index contributed by atoms with van der Waals surface area (Å²) < 4.78 is 28.4. The number of hydrogen-bond acceptors (Lipinski definition) is 3. The number of alkyl halides is 2. The predicted octanol–water partition coefficient (Wildman–Crippen LogP) is 4.64. The lowest BCUT2D eigenvalue weighted by Crippen LogP contribution is -2.26. The van der Waals surface area contributed by atoms with Gasteiger partial charge in [-0.25, -0.2) is 0 Å². The lowest BCUT2D eigenvalue weighted by Gasteiger charge is -2.09. The number of hydrogen-bond donors (Lipinski definition) is 1. The minimum Gasteiger partial charge on any atom is -0.435 e. The highest BCUT2D eigenvalue weighted by Gasteiger charge is 2.11. The first-order valence-electron chi connectivity index (χ1n) is 7.15. The number of thioether (sulfide) groups is 1. The van der Waals surface area contributed by atoms with Gasteiger partial charge in [0.1, 0.15) is 5.75 Å². The molecular formula is C17H16ClF2NO2S. The summed E-state index contributed by atoms with van der Waals surface area (Å²) in [5, 5.41) is 3.20. The van der Waals surface area contributed by atoms with Crippen LogP contribution in [0.2, 0.25) is 5.02 Å². The molecule has 2 rings (SSSR count). The van der Waals surface area contributed by atoms with E-state index < -0.39 is 6.61 Å². The molecular weight excluding hydrogens is 356 g/mol. The maximum absolute atomic E-state index is 12.2. The lowest BCUT2D eigenvalue weighted by atomic mass is 10.1. The van der Waals surface area contributed by atoms with Crippen LogP contribution in [0.4, 0.5) is 8.78 Å². The van der Waals surface area contributed by atoms with E-state index in [0.29, 0.717) is 23.6 Å². The van der Waals surface area contributed by atoms with E-state index in [0.717, 1.165) is 10.5 Å². The fourth-order valence-corrected chi connectivity index (χ4v) is 2.70. The van der Waals surface area contributed by atoms with Crippen molar-refractivity contribution in [2.75, 3.05) is 12.8 Å². The maximum Gasteiger partial charge on any atom is 0.387 e. The van der Waals surface area contributed by atoms with Gasteiger partial charge in [-0.2, -0.15) is 8.78 Å². The average molecular weight is 372 g/mol. The van der Waals surface area contributed by atoms with Gasteiger partial charge in [-0.3, -0.25) is 4.79 Å². The highest BCUT2D eigenvalue weighted by atomic mass is 35.5. The van der Waals surface area contributed by atoms with Gasteiger partial charge in [0.15, 0.2) is 0 Å². The molecule has 0 unspecified atom stereocenters. The molecule has 0 saturated carbocycles. The molecule has 3 nitrogen and oxygen atoms in total. The fraction of sp³-hybridized carbons (Fsp3) is 0.235. The highest BCUT2D eigenvalue weighted by Crippen LogP contribution is 2.23. The highest BCUT2D eigenvalue weighted by molar-refractivity contribution is 7.98. The molecule has 0 aliphatic heterocycles. The van der Waals surface area contributed by atoms with Crippen molar-refractivity contribution in [3.05, 3.63) is 58.6 Å². The standard InChI is InChI=1S/C17H16ClF2NO2S/c1-24-13-6-7-15(18)14(10-13)16(22)21-9-8-11-2-4-12(5-3-11)23-17(19)20/h2-7,10,17H,8-9H2,1H3,(H,21,22). The van der Waals surface area contributed by atoms with Crippen molar-refractivity contribution >= 4 is 29.3 Å². The van der Waals surface area contributed by atoms with Gasteiger partial charge in [0.05, 0.1) is 10.6 Å². The predicted molar refractivity (Wildman–Crippen MR) is 92.3 cm³/mol. The second-order valence-corrected chi connectivity index (χ2v) is 6.16. The zero-order valence-corrected chi connectivity index (χ0v) is 14.5. The first-order valence-corrected chi connectivity index (χ1v) is 8.75. The van der Waals surface area contributed by atoms with Crippen LogP contribution in [0.1, 0.15) is 15.9 Å². The molecule has 128 valence electrons. The quantitative estimate of drug-likeness (QED) is 0.721. The summed E-state index contributed by atoms with van der Waals surface area (Å²) in [6, 6.07) is 11.6. The monoisotopic (exact) mass is 371 g/mol. The third kappa shape index (κ3) is 5.39. The molecule has 0 bridgehead atoms. The summed E-state index contributed by atoms with van der Waals surface area (Å²) in [7, 11) is 0. The summed E-state index contributed by atoms with van der Waals surface area (Å²) in [5.41, 5.74) is 1.34. The smallest absolute Gasteiger partial charge is 0.387 e. The Bertz CT molecular complexity index is 695. The van der Waals surface area contributed by atoms with Crippen LogP contribution in [0.3, 0.4) is 0 Å². The summed E-state index contributed by atoms with van der Waals surface area (Å²) in [4.78, 5) is 13.1. The zero-order valence-electron chi connectivity index (χ0n) is 12.9. The number of carbonyl (C=O) groups excluding carboxylic acids is 1. The second-order valence-electron chi connectivity index (χ2n) is 4.87. The van der Waals surface area contributed by atoms with Crippen LogP contribution in [-0.4, -0.2) is 25.3 Å². The van der Waals surface area contributed by atoms with Crippen LogP contribution in [0, 0.1) is 0 Å². The Kier molecular flexibility index (Phi) is 6.87. The number of nitrogens with one attached hydrogen (secondary N) is 1. The van der Waals surface area contributed by atoms with Crippen LogP contribution in [0.15, 0.2) is 47.4 Å². The minimum atomic E-state index is -2.84. The maximum atomic E-state index is 12.2. The molecule has 7 heteroatoms. The van der Waals surface area contributed by atoms with Gasteiger partial charge in [-0.05, 0) is 48.6 Å². The molecule has 0 aromatic heterocycles. The van der Waals surface area contributed by atoms with Crippen LogP contribution in [0.25, 0.3) is 0 Å². The average Bonchev–Trinajstić information content (AvgIpc) is 2.56. The minimum absolute atomic E-state index is 0.110. The number of benzene rings is 2. The van der Waals surface area contributed by atoms with E-state index in [1.54, 1.807) is 24.3 Å². The molecule has 1 amide bonds. The summed E-state index contributed by atoms with van der Waals surface area (Å²) in [6.07, 6.45) is 2.49. The molecule has 0 atom stereocenters. The van der Waals surface area contributed by atoms with E-state index >= 15 is 0 Å². The fourth-order valence-electron chi connectivity index (χ4n) is 2.06. The first kappa shape index (κ1) is 18.5. The number of amides is 1. The van der Waals surface area contributed by atoms with Gasteiger partial charge in [0.2, 0.25) is 0 Å². The SMILES string of the molecule is CSc1ccc(Cl)c(C(=O)NCCc2ccc(OC(F)F)cc2)c1. The third-order valence-corrected chi connectivity index (χ3v) is 4.32. The van der Waals surface area contributed by atoms with E-state index in [2.05, 4.69) is 10.1 Å². The van der Waals surface area contributed by atoms with Crippen molar-refractivity contribution in [2.24, 2.45) is 0 Å². The Balaban J connectivity index is 1.88. The van der Waals surface area contributed by atoms with Gasteiger partial charge in [0, 0.05) is 11.4 Å². The van der Waals surface area contributed by atoms with Crippen LogP contribution in [0.5, 0.6) is 5.75 Å². The van der Waals surface area contributed by atoms with E-state index in [1.807, 2.05) is 12.3 Å². The van der Waals surface area contributed by atoms with E-state index in [-0.39, 0.29) is 11.7 Å². The molecule has 0 aliphatic rings.